The molecule has 0 aromatic heterocycles. The van der Waals surface area contributed by atoms with Crippen LogP contribution in [0, 0.1) is 0 Å². The first-order valence-corrected chi connectivity index (χ1v) is 5.29. The van der Waals surface area contributed by atoms with Gasteiger partial charge in [0.1, 0.15) is 6.61 Å². The Morgan fingerprint density at radius 1 is 1.50 bits per heavy atom. The number of hydrogen-bond donors (Lipinski definition) is 1. The van der Waals surface area contributed by atoms with Gasteiger partial charge in [-0.25, -0.2) is 0 Å². The Hall–Kier alpha value is -1.39. The van der Waals surface area contributed by atoms with Gasteiger partial charge in [0.15, 0.2) is 0 Å². The molecule has 1 aliphatic heterocycles. The van der Waals surface area contributed by atoms with Gasteiger partial charge in [0, 0.05) is 25.9 Å². The summed E-state index contributed by atoms with van der Waals surface area (Å²) in [5.41, 5.74) is 3.41. The number of anilines is 1. The third-order valence-electron chi connectivity index (χ3n) is 2.69. The van der Waals surface area contributed by atoms with E-state index in [4.69, 9.17) is 4.74 Å². The fourth-order valence-corrected chi connectivity index (χ4v) is 2.02. The van der Waals surface area contributed by atoms with E-state index in [2.05, 4.69) is 23.3 Å². The summed E-state index contributed by atoms with van der Waals surface area (Å²) in [7, 11) is 3.59. The van der Waals surface area contributed by atoms with E-state index in [1.807, 2.05) is 12.1 Å². The molecule has 86 valence electrons. The zero-order chi connectivity index (χ0) is 11.5. The van der Waals surface area contributed by atoms with Crippen molar-refractivity contribution < 1.29 is 9.53 Å². The summed E-state index contributed by atoms with van der Waals surface area (Å²) in [6, 6.07) is 6.01. The van der Waals surface area contributed by atoms with Crippen molar-refractivity contribution in [2.24, 2.45) is 0 Å². The quantitative estimate of drug-likeness (QED) is 0.832. The first kappa shape index (κ1) is 11.1. The summed E-state index contributed by atoms with van der Waals surface area (Å²) in [5, 5.41) is 2.87. The van der Waals surface area contributed by atoms with Gasteiger partial charge in [-0.1, -0.05) is 12.1 Å². The molecule has 0 saturated carbocycles. The van der Waals surface area contributed by atoms with E-state index in [0.29, 0.717) is 0 Å². The number of nitrogens with one attached hydrogen (secondary N) is 1. The molecule has 0 spiro atoms. The number of nitrogens with zero attached hydrogens (tertiary/aromatic N) is 1. The third-order valence-corrected chi connectivity index (χ3v) is 2.69. The van der Waals surface area contributed by atoms with Crippen LogP contribution in [0.15, 0.2) is 18.2 Å². The van der Waals surface area contributed by atoms with Gasteiger partial charge in [0.05, 0.1) is 0 Å². The van der Waals surface area contributed by atoms with E-state index in [9.17, 15) is 4.79 Å². The van der Waals surface area contributed by atoms with E-state index in [0.717, 1.165) is 18.8 Å². The topological polar surface area (TPSA) is 41.6 Å². The van der Waals surface area contributed by atoms with Crippen molar-refractivity contribution in [3.63, 3.8) is 0 Å². The highest BCUT2D eigenvalue weighted by Gasteiger charge is 2.19. The number of carbonyl (C=O) groups excluding carboxylic acids is 1. The van der Waals surface area contributed by atoms with Crippen LogP contribution in [0.3, 0.4) is 0 Å². The average Bonchev–Trinajstić information content (AvgIpc) is 2.60. The third kappa shape index (κ3) is 2.23. The number of methoxy groups -OCH3 is 1. The van der Waals surface area contributed by atoms with E-state index in [-0.39, 0.29) is 12.5 Å². The van der Waals surface area contributed by atoms with Crippen molar-refractivity contribution in [1.82, 2.24) is 4.90 Å². The highest BCUT2D eigenvalue weighted by molar-refractivity contribution is 5.92. The molecule has 0 fully saturated rings. The molecule has 0 bridgehead atoms. The molecule has 0 aliphatic carbocycles. The number of hydrogen-bond acceptors (Lipinski definition) is 3. The standard InChI is InChI=1S/C12H16N2O2/c1-14-6-9-4-3-5-11(10(9)7-14)13-12(15)8-16-2/h3-5H,6-8H2,1-2H3,(H,13,15). The average molecular weight is 220 g/mol. The summed E-state index contributed by atoms with van der Waals surface area (Å²) in [4.78, 5) is 13.7. The highest BCUT2D eigenvalue weighted by atomic mass is 16.5. The summed E-state index contributed by atoms with van der Waals surface area (Å²) in [5.74, 6) is -0.106. The molecule has 1 heterocycles. The number of benzene rings is 1. The lowest BCUT2D eigenvalue weighted by molar-refractivity contribution is -0.119. The van der Waals surface area contributed by atoms with Crippen LogP contribution in [-0.2, 0) is 22.6 Å². The molecule has 2 rings (SSSR count). The van der Waals surface area contributed by atoms with Gasteiger partial charge in [-0.05, 0) is 24.2 Å². The lowest BCUT2D eigenvalue weighted by atomic mass is 10.1. The Labute approximate surface area is 95.2 Å². The van der Waals surface area contributed by atoms with Gasteiger partial charge < -0.3 is 10.1 Å². The predicted octanol–water partition coefficient (Wildman–Crippen LogP) is 1.22. The molecule has 1 aromatic carbocycles. The van der Waals surface area contributed by atoms with Gasteiger partial charge in [-0.15, -0.1) is 0 Å². The van der Waals surface area contributed by atoms with Crippen LogP contribution in [0.1, 0.15) is 11.1 Å². The summed E-state index contributed by atoms with van der Waals surface area (Å²) in [6.07, 6.45) is 0. The molecule has 0 saturated heterocycles. The minimum atomic E-state index is -0.106. The van der Waals surface area contributed by atoms with Crippen LogP contribution in [0.5, 0.6) is 0 Å². The van der Waals surface area contributed by atoms with Gasteiger partial charge in [-0.2, -0.15) is 0 Å². The van der Waals surface area contributed by atoms with Crippen molar-refractivity contribution in [1.29, 1.82) is 0 Å². The molecule has 16 heavy (non-hydrogen) atoms. The first-order chi connectivity index (χ1) is 7.70. The van der Waals surface area contributed by atoms with Gasteiger partial charge in [0.25, 0.3) is 0 Å². The second-order valence-corrected chi connectivity index (χ2v) is 4.10. The van der Waals surface area contributed by atoms with Gasteiger partial charge in [0.2, 0.25) is 5.91 Å². The molecule has 4 heteroatoms. The smallest absolute Gasteiger partial charge is 0.250 e. The van der Waals surface area contributed by atoms with Crippen molar-refractivity contribution in [3.05, 3.63) is 29.3 Å². The number of carbonyl (C=O) groups is 1. The zero-order valence-electron chi connectivity index (χ0n) is 9.62. The second-order valence-electron chi connectivity index (χ2n) is 4.10. The minimum Gasteiger partial charge on any atom is -0.375 e. The van der Waals surface area contributed by atoms with Crippen molar-refractivity contribution in [2.45, 2.75) is 13.1 Å². The maximum atomic E-state index is 11.4. The maximum absolute atomic E-state index is 11.4. The molecule has 1 aromatic rings. The van der Waals surface area contributed by atoms with Crippen LogP contribution in [0.2, 0.25) is 0 Å². The van der Waals surface area contributed by atoms with Crippen molar-refractivity contribution in [2.75, 3.05) is 26.1 Å². The number of amides is 1. The summed E-state index contributed by atoms with van der Waals surface area (Å²) >= 11 is 0. The minimum absolute atomic E-state index is 0.0967. The van der Waals surface area contributed by atoms with Crippen molar-refractivity contribution >= 4 is 11.6 Å². The molecular weight excluding hydrogens is 204 g/mol. The van der Waals surface area contributed by atoms with Crippen LogP contribution >= 0.6 is 0 Å². The lowest BCUT2D eigenvalue weighted by Crippen LogP contribution is -2.18. The Bertz CT molecular complexity index is 404. The Kier molecular flexibility index (Phi) is 3.22. The van der Waals surface area contributed by atoms with E-state index in [1.54, 1.807) is 0 Å². The SMILES string of the molecule is COCC(=O)Nc1cccc2c1CN(C)C2. The molecular formula is C12H16N2O2. The molecule has 1 amide bonds. The number of ether oxygens (including phenoxy) is 1. The van der Waals surface area contributed by atoms with E-state index < -0.39 is 0 Å². The van der Waals surface area contributed by atoms with Gasteiger partial charge in [-0.3, -0.25) is 9.69 Å². The first-order valence-electron chi connectivity index (χ1n) is 5.29. The largest absolute Gasteiger partial charge is 0.375 e. The zero-order valence-corrected chi connectivity index (χ0v) is 9.62. The van der Waals surface area contributed by atoms with Crippen molar-refractivity contribution in [3.8, 4) is 0 Å². The predicted molar refractivity (Wildman–Crippen MR) is 62.1 cm³/mol. The molecule has 1 N–H and O–H groups in total. The monoisotopic (exact) mass is 220 g/mol. The molecule has 0 unspecified atom stereocenters. The summed E-state index contributed by atoms with van der Waals surface area (Å²) < 4.78 is 4.79. The normalized spacial score (nSPS) is 14.9. The Morgan fingerprint density at radius 2 is 2.31 bits per heavy atom. The van der Waals surface area contributed by atoms with Crippen LogP contribution < -0.4 is 5.32 Å². The Balaban J connectivity index is 2.17. The fraction of sp³-hybridized carbons (Fsp3) is 0.417. The lowest BCUT2D eigenvalue weighted by Gasteiger charge is -2.09. The maximum Gasteiger partial charge on any atom is 0.250 e. The van der Waals surface area contributed by atoms with E-state index in [1.165, 1.54) is 18.2 Å². The molecule has 0 atom stereocenters. The van der Waals surface area contributed by atoms with E-state index >= 15 is 0 Å². The van der Waals surface area contributed by atoms with Crippen LogP contribution in [0.4, 0.5) is 5.69 Å². The highest BCUT2D eigenvalue weighted by Crippen LogP contribution is 2.28. The van der Waals surface area contributed by atoms with Gasteiger partial charge >= 0.3 is 0 Å². The second kappa shape index (κ2) is 4.63. The Morgan fingerprint density at radius 3 is 3.06 bits per heavy atom. The van der Waals surface area contributed by atoms with Crippen LogP contribution in [-0.4, -0.2) is 31.6 Å². The number of fused-ring (bicyclic) bond motifs is 1. The van der Waals surface area contributed by atoms with Crippen LogP contribution in [0.25, 0.3) is 0 Å². The molecule has 4 nitrogen and oxygen atoms in total. The number of rotatable bonds is 3. The summed E-state index contributed by atoms with van der Waals surface area (Å²) in [6.45, 7) is 1.93. The molecule has 0 radical (unpaired) electrons. The fourth-order valence-electron chi connectivity index (χ4n) is 2.02. The molecule has 1 aliphatic rings.